The number of fused-ring (bicyclic) bond motifs is 1. The summed E-state index contributed by atoms with van der Waals surface area (Å²) < 4.78 is 0. The molecular formula is C18H22. The summed E-state index contributed by atoms with van der Waals surface area (Å²) in [4.78, 5) is 0. The maximum Gasteiger partial charge on any atom is 0.00382 e. The second-order valence-corrected chi connectivity index (χ2v) is 5.70. The highest BCUT2D eigenvalue weighted by molar-refractivity contribution is 5.68. The van der Waals surface area contributed by atoms with E-state index < -0.39 is 0 Å². The van der Waals surface area contributed by atoms with Gasteiger partial charge in [-0.15, -0.1) is 0 Å². The van der Waals surface area contributed by atoms with E-state index >= 15 is 0 Å². The first kappa shape index (κ1) is 11.8. The minimum Gasteiger partial charge on any atom is -0.0658 e. The first-order valence-corrected chi connectivity index (χ1v) is 7.22. The highest BCUT2D eigenvalue weighted by atomic mass is 14.4. The Morgan fingerprint density at radius 2 is 1.83 bits per heavy atom. The Morgan fingerprint density at radius 1 is 1.06 bits per heavy atom. The largest absolute Gasteiger partial charge is 0.0658 e. The molecule has 0 bridgehead atoms. The van der Waals surface area contributed by atoms with Crippen molar-refractivity contribution in [2.24, 2.45) is 5.92 Å². The minimum atomic E-state index is 0.610. The average molecular weight is 238 g/mol. The van der Waals surface area contributed by atoms with Crippen LogP contribution in [-0.4, -0.2) is 0 Å². The van der Waals surface area contributed by atoms with Crippen LogP contribution in [0.2, 0.25) is 0 Å². The maximum atomic E-state index is 2.45. The van der Waals surface area contributed by atoms with Crippen LogP contribution in [0, 0.1) is 5.92 Å². The maximum absolute atomic E-state index is 2.45. The van der Waals surface area contributed by atoms with Gasteiger partial charge >= 0.3 is 0 Å². The van der Waals surface area contributed by atoms with Gasteiger partial charge in [0.25, 0.3) is 0 Å². The standard InChI is InChI=1S/C18H22/c1-5-13-7-15-11(3)17-9-14(6-2)10-18(17)12(4)16(15)8-13/h7-9,12H,5-6,10H2,1-4H3. The van der Waals surface area contributed by atoms with Crippen molar-refractivity contribution >= 4 is 0 Å². The Labute approximate surface area is 110 Å². The summed E-state index contributed by atoms with van der Waals surface area (Å²) in [5.41, 5.74) is 10.9. The average Bonchev–Trinajstić information content (AvgIpc) is 3.00. The number of hydrogen-bond donors (Lipinski definition) is 0. The monoisotopic (exact) mass is 238 g/mol. The predicted molar refractivity (Wildman–Crippen MR) is 78.3 cm³/mol. The third-order valence-electron chi connectivity index (χ3n) is 4.75. The molecule has 0 fully saturated rings. The SMILES string of the molecule is CCC1=CC2=C(C)C3=C(CC(CC)=C3)C(C)C2=C1. The Morgan fingerprint density at radius 3 is 2.50 bits per heavy atom. The summed E-state index contributed by atoms with van der Waals surface area (Å²) in [6.45, 7) is 9.20. The van der Waals surface area contributed by atoms with Gasteiger partial charge < -0.3 is 0 Å². The molecule has 0 aromatic rings. The zero-order valence-electron chi connectivity index (χ0n) is 11.9. The normalized spacial score (nSPS) is 26.0. The summed E-state index contributed by atoms with van der Waals surface area (Å²) >= 11 is 0. The van der Waals surface area contributed by atoms with Crippen molar-refractivity contribution in [2.45, 2.75) is 47.0 Å². The molecule has 0 aromatic carbocycles. The molecule has 0 nitrogen and oxygen atoms in total. The fourth-order valence-corrected chi connectivity index (χ4v) is 3.46. The van der Waals surface area contributed by atoms with Crippen LogP contribution in [0.15, 0.2) is 57.2 Å². The summed E-state index contributed by atoms with van der Waals surface area (Å²) in [5.74, 6) is 0.610. The van der Waals surface area contributed by atoms with E-state index in [-0.39, 0.29) is 0 Å². The highest BCUT2D eigenvalue weighted by Gasteiger charge is 2.31. The second kappa shape index (κ2) is 4.12. The van der Waals surface area contributed by atoms with E-state index in [1.807, 2.05) is 0 Å². The van der Waals surface area contributed by atoms with Crippen LogP contribution in [0.4, 0.5) is 0 Å². The van der Waals surface area contributed by atoms with Gasteiger partial charge in [-0.25, -0.2) is 0 Å². The highest BCUT2D eigenvalue weighted by Crippen LogP contribution is 2.48. The van der Waals surface area contributed by atoms with Gasteiger partial charge in [0.1, 0.15) is 0 Å². The van der Waals surface area contributed by atoms with Crippen LogP contribution in [0.1, 0.15) is 47.0 Å². The van der Waals surface area contributed by atoms with E-state index in [0.717, 1.165) is 6.42 Å². The summed E-state index contributed by atoms with van der Waals surface area (Å²) in [6, 6.07) is 0. The molecule has 0 aromatic heterocycles. The Bertz CT molecular complexity index is 559. The van der Waals surface area contributed by atoms with Gasteiger partial charge in [0.2, 0.25) is 0 Å². The summed E-state index contributed by atoms with van der Waals surface area (Å²) in [6.07, 6.45) is 10.8. The molecule has 3 aliphatic rings. The van der Waals surface area contributed by atoms with E-state index in [2.05, 4.69) is 45.9 Å². The Hall–Kier alpha value is -1.30. The summed E-state index contributed by atoms with van der Waals surface area (Å²) in [5, 5.41) is 0. The van der Waals surface area contributed by atoms with E-state index in [1.54, 1.807) is 22.3 Å². The molecule has 0 heteroatoms. The van der Waals surface area contributed by atoms with Gasteiger partial charge in [0, 0.05) is 5.92 Å². The fourth-order valence-electron chi connectivity index (χ4n) is 3.46. The third-order valence-corrected chi connectivity index (χ3v) is 4.75. The molecule has 94 valence electrons. The van der Waals surface area contributed by atoms with Crippen molar-refractivity contribution in [1.29, 1.82) is 0 Å². The van der Waals surface area contributed by atoms with Crippen molar-refractivity contribution in [3.63, 3.8) is 0 Å². The minimum absolute atomic E-state index is 0.610. The molecule has 3 aliphatic carbocycles. The molecular weight excluding hydrogens is 216 g/mol. The molecule has 0 aliphatic heterocycles. The van der Waals surface area contributed by atoms with Crippen LogP contribution in [0.3, 0.4) is 0 Å². The first-order valence-electron chi connectivity index (χ1n) is 7.22. The van der Waals surface area contributed by atoms with Gasteiger partial charge in [-0.2, -0.15) is 0 Å². The molecule has 0 amide bonds. The predicted octanol–water partition coefficient (Wildman–Crippen LogP) is 5.27. The molecule has 0 saturated carbocycles. The lowest BCUT2D eigenvalue weighted by Gasteiger charge is -2.26. The van der Waals surface area contributed by atoms with E-state index in [1.165, 1.54) is 29.6 Å². The van der Waals surface area contributed by atoms with Crippen molar-refractivity contribution in [3.05, 3.63) is 57.2 Å². The van der Waals surface area contributed by atoms with Crippen LogP contribution in [0.25, 0.3) is 0 Å². The van der Waals surface area contributed by atoms with Gasteiger partial charge in [0.15, 0.2) is 0 Å². The quantitative estimate of drug-likeness (QED) is 0.615. The smallest absolute Gasteiger partial charge is 0.00382 e. The van der Waals surface area contributed by atoms with Crippen LogP contribution < -0.4 is 0 Å². The van der Waals surface area contributed by atoms with Gasteiger partial charge in [-0.1, -0.05) is 50.1 Å². The molecule has 18 heavy (non-hydrogen) atoms. The number of allylic oxidation sites excluding steroid dienone is 10. The first-order chi connectivity index (χ1) is 8.65. The second-order valence-electron chi connectivity index (χ2n) is 5.70. The van der Waals surface area contributed by atoms with E-state index in [9.17, 15) is 0 Å². The van der Waals surface area contributed by atoms with Gasteiger partial charge in [-0.05, 0) is 54.1 Å². The van der Waals surface area contributed by atoms with Gasteiger partial charge in [0.05, 0.1) is 0 Å². The molecule has 0 radical (unpaired) electrons. The molecule has 3 rings (SSSR count). The topological polar surface area (TPSA) is 0 Å². The van der Waals surface area contributed by atoms with Gasteiger partial charge in [-0.3, -0.25) is 0 Å². The van der Waals surface area contributed by atoms with E-state index in [4.69, 9.17) is 0 Å². The molecule has 0 N–H and O–H groups in total. The van der Waals surface area contributed by atoms with E-state index in [0.29, 0.717) is 5.92 Å². The van der Waals surface area contributed by atoms with Crippen molar-refractivity contribution < 1.29 is 0 Å². The van der Waals surface area contributed by atoms with Crippen molar-refractivity contribution in [1.82, 2.24) is 0 Å². The zero-order chi connectivity index (χ0) is 12.9. The lowest BCUT2D eigenvalue weighted by Crippen LogP contribution is -2.11. The number of hydrogen-bond acceptors (Lipinski definition) is 0. The Balaban J connectivity index is 2.09. The lowest BCUT2D eigenvalue weighted by atomic mass is 9.78. The molecule has 0 heterocycles. The summed E-state index contributed by atoms with van der Waals surface area (Å²) in [7, 11) is 0. The Kier molecular flexibility index (Phi) is 2.69. The molecule has 1 atom stereocenters. The fraction of sp³-hybridized carbons (Fsp3) is 0.444. The zero-order valence-corrected chi connectivity index (χ0v) is 11.9. The number of rotatable bonds is 2. The van der Waals surface area contributed by atoms with Crippen LogP contribution >= 0.6 is 0 Å². The molecule has 1 unspecified atom stereocenters. The molecule has 0 spiro atoms. The lowest BCUT2D eigenvalue weighted by molar-refractivity contribution is 0.764. The van der Waals surface area contributed by atoms with Crippen molar-refractivity contribution in [3.8, 4) is 0 Å². The molecule has 0 saturated heterocycles. The van der Waals surface area contributed by atoms with Crippen LogP contribution in [0.5, 0.6) is 0 Å². The van der Waals surface area contributed by atoms with Crippen LogP contribution in [-0.2, 0) is 0 Å². The van der Waals surface area contributed by atoms with Crippen molar-refractivity contribution in [2.75, 3.05) is 0 Å². The third kappa shape index (κ3) is 1.51.